The lowest BCUT2D eigenvalue weighted by Crippen LogP contribution is -2.36. The van der Waals surface area contributed by atoms with E-state index in [9.17, 15) is 9.90 Å². The van der Waals surface area contributed by atoms with Crippen LogP contribution in [-0.4, -0.2) is 29.4 Å². The van der Waals surface area contributed by atoms with Crippen molar-refractivity contribution >= 4 is 6.09 Å². The molecule has 1 unspecified atom stereocenters. The molecule has 1 atom stereocenters. The summed E-state index contributed by atoms with van der Waals surface area (Å²) in [6.45, 7) is 8.46. The number of amides is 1. The Balaban J connectivity index is 2.20. The van der Waals surface area contributed by atoms with Gasteiger partial charge in [0.15, 0.2) is 0 Å². The molecule has 1 fully saturated rings. The van der Waals surface area contributed by atoms with Crippen molar-refractivity contribution in [3.8, 4) is 0 Å². The van der Waals surface area contributed by atoms with Crippen LogP contribution in [0.5, 0.6) is 0 Å². The highest BCUT2D eigenvalue weighted by molar-refractivity contribution is 5.67. The Hall–Kier alpha value is -0.770. The number of rotatable bonds is 6. The summed E-state index contributed by atoms with van der Waals surface area (Å²) in [4.78, 5) is 11.6. The standard InChI is InChI=1S/C17H33NO3/c1-5-6-7-15(19)14-10-8-13(9-11-14)12-18-16(20)21-17(2,3)4/h13-15,19H,5-12H2,1-4H3,(H,18,20)/t13-,14-,15?. The van der Waals surface area contributed by atoms with E-state index in [0.29, 0.717) is 18.4 Å². The first-order valence-electron chi connectivity index (χ1n) is 8.46. The van der Waals surface area contributed by atoms with Crippen LogP contribution in [0.25, 0.3) is 0 Å². The van der Waals surface area contributed by atoms with E-state index in [1.807, 2.05) is 20.8 Å². The average Bonchev–Trinajstić information content (AvgIpc) is 2.41. The quantitative estimate of drug-likeness (QED) is 0.782. The first-order valence-corrected chi connectivity index (χ1v) is 8.46. The molecule has 1 rings (SSSR count). The second-order valence-corrected chi connectivity index (χ2v) is 7.37. The molecule has 2 N–H and O–H groups in total. The maximum Gasteiger partial charge on any atom is 0.407 e. The topological polar surface area (TPSA) is 58.6 Å². The number of hydrogen-bond acceptors (Lipinski definition) is 3. The summed E-state index contributed by atoms with van der Waals surface area (Å²) in [7, 11) is 0. The Morgan fingerprint density at radius 2 is 1.90 bits per heavy atom. The molecule has 0 bridgehead atoms. The van der Waals surface area contributed by atoms with Crippen molar-refractivity contribution in [1.29, 1.82) is 0 Å². The van der Waals surface area contributed by atoms with E-state index in [1.54, 1.807) is 0 Å². The number of nitrogens with one attached hydrogen (secondary N) is 1. The minimum absolute atomic E-state index is 0.135. The van der Waals surface area contributed by atoms with Crippen LogP contribution in [0.3, 0.4) is 0 Å². The molecule has 0 heterocycles. The number of unbranched alkanes of at least 4 members (excludes halogenated alkanes) is 1. The summed E-state index contributed by atoms with van der Waals surface area (Å²) in [5.41, 5.74) is -0.439. The normalized spacial score (nSPS) is 24.4. The van der Waals surface area contributed by atoms with Gasteiger partial charge in [-0.2, -0.15) is 0 Å². The molecule has 4 nitrogen and oxygen atoms in total. The van der Waals surface area contributed by atoms with Crippen molar-refractivity contribution in [1.82, 2.24) is 5.32 Å². The minimum atomic E-state index is -0.439. The minimum Gasteiger partial charge on any atom is -0.444 e. The zero-order chi connectivity index (χ0) is 15.9. The van der Waals surface area contributed by atoms with Crippen molar-refractivity contribution in [2.75, 3.05) is 6.54 Å². The fraction of sp³-hybridized carbons (Fsp3) is 0.941. The van der Waals surface area contributed by atoms with Gasteiger partial charge in [0.1, 0.15) is 5.60 Å². The molecule has 21 heavy (non-hydrogen) atoms. The molecule has 0 aromatic heterocycles. The van der Waals surface area contributed by atoms with Gasteiger partial charge in [-0.05, 0) is 64.7 Å². The van der Waals surface area contributed by atoms with Gasteiger partial charge in [0.05, 0.1) is 6.10 Å². The maximum atomic E-state index is 11.6. The Morgan fingerprint density at radius 1 is 1.29 bits per heavy atom. The van der Waals surface area contributed by atoms with Gasteiger partial charge < -0.3 is 15.2 Å². The van der Waals surface area contributed by atoms with Crippen molar-refractivity contribution in [2.24, 2.45) is 11.8 Å². The number of carbonyl (C=O) groups excluding carboxylic acids is 1. The van der Waals surface area contributed by atoms with Crippen LogP contribution in [0.4, 0.5) is 4.79 Å². The van der Waals surface area contributed by atoms with Gasteiger partial charge in [-0.1, -0.05) is 19.8 Å². The van der Waals surface area contributed by atoms with E-state index in [0.717, 1.165) is 44.9 Å². The molecular weight excluding hydrogens is 266 g/mol. The summed E-state index contributed by atoms with van der Waals surface area (Å²) in [6.07, 6.45) is 7.05. The Kier molecular flexibility index (Phi) is 7.50. The van der Waals surface area contributed by atoms with E-state index < -0.39 is 5.60 Å². The highest BCUT2D eigenvalue weighted by Gasteiger charge is 2.26. The average molecular weight is 299 g/mol. The fourth-order valence-electron chi connectivity index (χ4n) is 2.97. The molecule has 1 amide bonds. The second kappa shape index (κ2) is 8.62. The van der Waals surface area contributed by atoms with E-state index in [4.69, 9.17) is 4.74 Å². The second-order valence-electron chi connectivity index (χ2n) is 7.37. The molecule has 0 spiro atoms. The highest BCUT2D eigenvalue weighted by Crippen LogP contribution is 2.32. The van der Waals surface area contributed by atoms with Gasteiger partial charge in [0.2, 0.25) is 0 Å². The molecule has 0 saturated heterocycles. The summed E-state index contributed by atoms with van der Waals surface area (Å²) >= 11 is 0. The summed E-state index contributed by atoms with van der Waals surface area (Å²) in [6, 6.07) is 0. The van der Waals surface area contributed by atoms with Gasteiger partial charge in [-0.3, -0.25) is 0 Å². The van der Waals surface area contributed by atoms with Crippen LogP contribution < -0.4 is 5.32 Å². The third kappa shape index (κ3) is 7.70. The molecule has 1 aliphatic rings. The van der Waals surface area contributed by atoms with Crippen LogP contribution in [0.2, 0.25) is 0 Å². The molecule has 4 heteroatoms. The molecular formula is C17H33NO3. The van der Waals surface area contributed by atoms with E-state index in [-0.39, 0.29) is 12.2 Å². The zero-order valence-corrected chi connectivity index (χ0v) is 14.2. The predicted octanol–water partition coefficient (Wildman–Crippen LogP) is 3.87. The highest BCUT2D eigenvalue weighted by atomic mass is 16.6. The number of aliphatic hydroxyl groups excluding tert-OH is 1. The molecule has 0 radical (unpaired) electrons. The number of hydrogen-bond donors (Lipinski definition) is 2. The monoisotopic (exact) mass is 299 g/mol. The Morgan fingerprint density at radius 3 is 2.43 bits per heavy atom. The number of aliphatic hydroxyl groups is 1. The van der Waals surface area contributed by atoms with E-state index in [1.165, 1.54) is 0 Å². The first-order chi connectivity index (χ1) is 9.81. The van der Waals surface area contributed by atoms with Gasteiger partial charge in [-0.15, -0.1) is 0 Å². The van der Waals surface area contributed by atoms with E-state index >= 15 is 0 Å². The van der Waals surface area contributed by atoms with Crippen LogP contribution in [0, 0.1) is 11.8 Å². The number of ether oxygens (including phenoxy) is 1. The lowest BCUT2D eigenvalue weighted by molar-refractivity contribution is 0.0480. The summed E-state index contributed by atoms with van der Waals surface area (Å²) < 4.78 is 5.24. The number of alkyl carbamates (subject to hydrolysis) is 1. The van der Waals surface area contributed by atoms with Crippen molar-refractivity contribution < 1.29 is 14.6 Å². The molecule has 1 aliphatic carbocycles. The first kappa shape index (κ1) is 18.3. The van der Waals surface area contributed by atoms with Crippen LogP contribution in [-0.2, 0) is 4.74 Å². The molecule has 0 aliphatic heterocycles. The molecule has 0 aromatic carbocycles. The number of carbonyl (C=O) groups is 1. The summed E-state index contributed by atoms with van der Waals surface area (Å²) in [5, 5.41) is 13.0. The lowest BCUT2D eigenvalue weighted by atomic mass is 9.78. The maximum absolute atomic E-state index is 11.6. The lowest BCUT2D eigenvalue weighted by Gasteiger charge is -2.31. The molecule has 124 valence electrons. The van der Waals surface area contributed by atoms with Crippen molar-refractivity contribution in [2.45, 2.75) is 84.3 Å². The van der Waals surface area contributed by atoms with Gasteiger partial charge >= 0.3 is 6.09 Å². The zero-order valence-electron chi connectivity index (χ0n) is 14.2. The van der Waals surface area contributed by atoms with Crippen LogP contribution >= 0.6 is 0 Å². The smallest absolute Gasteiger partial charge is 0.407 e. The van der Waals surface area contributed by atoms with Gasteiger partial charge in [-0.25, -0.2) is 4.79 Å². The Bertz CT molecular complexity index is 304. The third-order valence-electron chi connectivity index (χ3n) is 4.22. The van der Waals surface area contributed by atoms with Crippen molar-refractivity contribution in [3.05, 3.63) is 0 Å². The largest absolute Gasteiger partial charge is 0.444 e. The summed E-state index contributed by atoms with van der Waals surface area (Å²) in [5.74, 6) is 0.974. The Labute approximate surface area is 129 Å². The molecule has 1 saturated carbocycles. The van der Waals surface area contributed by atoms with Crippen molar-refractivity contribution in [3.63, 3.8) is 0 Å². The molecule has 0 aromatic rings. The van der Waals surface area contributed by atoms with E-state index in [2.05, 4.69) is 12.2 Å². The SMILES string of the molecule is CCCCC(O)[C@H]1CC[C@H](CNC(=O)OC(C)(C)C)CC1. The predicted molar refractivity (Wildman–Crippen MR) is 85.2 cm³/mol. The fourth-order valence-corrected chi connectivity index (χ4v) is 2.97. The third-order valence-corrected chi connectivity index (χ3v) is 4.22. The van der Waals surface area contributed by atoms with Gasteiger partial charge in [0.25, 0.3) is 0 Å². The van der Waals surface area contributed by atoms with Gasteiger partial charge in [0, 0.05) is 6.54 Å². The van der Waals surface area contributed by atoms with Crippen LogP contribution in [0.15, 0.2) is 0 Å². The van der Waals surface area contributed by atoms with Crippen LogP contribution in [0.1, 0.15) is 72.6 Å².